The summed E-state index contributed by atoms with van der Waals surface area (Å²) in [6, 6.07) is 11.7. The lowest BCUT2D eigenvalue weighted by molar-refractivity contribution is 0.0597. The number of nitrogens with one attached hydrogen (secondary N) is 1. The number of hydrogen-bond acceptors (Lipinski definition) is 7. The largest absolute Gasteiger partial charge is 0.505 e. The summed E-state index contributed by atoms with van der Waals surface area (Å²) < 4.78 is 4.61. The summed E-state index contributed by atoms with van der Waals surface area (Å²) in [5.41, 5.74) is 1.61. The lowest BCUT2D eigenvalue weighted by Gasteiger charge is -2.10. The number of esters is 1. The molecule has 144 valence electrons. The van der Waals surface area contributed by atoms with Gasteiger partial charge in [-0.25, -0.2) is 9.78 Å². The summed E-state index contributed by atoms with van der Waals surface area (Å²) in [6.45, 7) is 1.98. The Morgan fingerprint density at radius 2 is 1.96 bits per heavy atom. The van der Waals surface area contributed by atoms with Gasteiger partial charge < -0.3 is 15.2 Å². The van der Waals surface area contributed by atoms with Crippen LogP contribution in [0.15, 0.2) is 52.7 Å². The Hall–Kier alpha value is -2.84. The van der Waals surface area contributed by atoms with Crippen molar-refractivity contribution in [3.63, 3.8) is 0 Å². The van der Waals surface area contributed by atoms with Crippen molar-refractivity contribution in [2.75, 3.05) is 12.4 Å². The molecule has 0 spiro atoms. The number of carbonyl (C=O) groups excluding carboxylic acids is 2. The molecule has 28 heavy (non-hydrogen) atoms. The minimum absolute atomic E-state index is 0.00988. The second kappa shape index (κ2) is 8.90. The zero-order valence-corrected chi connectivity index (χ0v) is 16.9. The molecule has 0 unspecified atom stereocenters. The minimum atomic E-state index is -0.676. The van der Waals surface area contributed by atoms with E-state index in [9.17, 15) is 14.7 Å². The smallest absolute Gasteiger partial charge is 0.341 e. The zero-order valence-electron chi connectivity index (χ0n) is 15.3. The van der Waals surface area contributed by atoms with Crippen LogP contribution in [0.4, 0.5) is 5.69 Å². The highest BCUT2D eigenvalue weighted by Crippen LogP contribution is 2.29. The first-order valence-electron chi connectivity index (χ1n) is 8.33. The summed E-state index contributed by atoms with van der Waals surface area (Å²) in [5, 5.41) is 15.9. The third-order valence-corrected chi connectivity index (χ3v) is 5.73. The predicted octanol–water partition coefficient (Wildman–Crippen LogP) is 4.49. The average molecular weight is 415 g/mol. The van der Waals surface area contributed by atoms with Gasteiger partial charge in [-0.15, -0.1) is 23.1 Å². The lowest BCUT2D eigenvalue weighted by atomic mass is 10.1. The summed E-state index contributed by atoms with van der Waals surface area (Å²) in [7, 11) is 1.22. The molecule has 1 aromatic heterocycles. The second-order valence-electron chi connectivity index (χ2n) is 5.82. The monoisotopic (exact) mass is 414 g/mol. The van der Waals surface area contributed by atoms with E-state index in [0.29, 0.717) is 5.56 Å². The van der Waals surface area contributed by atoms with E-state index in [2.05, 4.69) is 15.0 Å². The van der Waals surface area contributed by atoms with Crippen molar-refractivity contribution < 1.29 is 19.4 Å². The first-order valence-corrected chi connectivity index (χ1v) is 10.2. The standard InChI is InChI=1S/C20H18N2O4S2/c1-12-21-14(10-27-12)11-28-15-8-6-13(7-9-15)19(24)22-17-5-3-4-16(18(17)23)20(25)26-2/h3-10,23H,11H2,1-2H3,(H,22,24). The molecule has 0 fully saturated rings. The van der Waals surface area contributed by atoms with E-state index >= 15 is 0 Å². The van der Waals surface area contributed by atoms with E-state index in [1.165, 1.54) is 19.2 Å². The number of methoxy groups -OCH3 is 1. The normalized spacial score (nSPS) is 10.5. The van der Waals surface area contributed by atoms with Crippen LogP contribution < -0.4 is 5.32 Å². The van der Waals surface area contributed by atoms with Crippen LogP contribution in [0.5, 0.6) is 5.75 Å². The summed E-state index contributed by atoms with van der Waals surface area (Å²) in [5.74, 6) is -0.618. The number of aromatic hydroxyl groups is 1. The van der Waals surface area contributed by atoms with Crippen LogP contribution in [0, 0.1) is 6.92 Å². The molecule has 0 atom stereocenters. The van der Waals surface area contributed by atoms with Crippen LogP contribution in [0.3, 0.4) is 0 Å². The number of nitrogens with zero attached hydrogens (tertiary/aromatic N) is 1. The Kier molecular flexibility index (Phi) is 6.33. The molecule has 3 rings (SSSR count). The van der Waals surface area contributed by atoms with Gasteiger partial charge in [0.1, 0.15) is 5.56 Å². The molecule has 0 aliphatic carbocycles. The van der Waals surface area contributed by atoms with Gasteiger partial charge in [-0.1, -0.05) is 6.07 Å². The van der Waals surface area contributed by atoms with E-state index in [1.807, 2.05) is 24.4 Å². The molecule has 0 aliphatic rings. The molecule has 1 heterocycles. The summed E-state index contributed by atoms with van der Waals surface area (Å²) in [6.07, 6.45) is 0. The summed E-state index contributed by atoms with van der Waals surface area (Å²) >= 11 is 3.27. The van der Waals surface area contributed by atoms with Crippen molar-refractivity contribution in [2.45, 2.75) is 17.6 Å². The number of phenolic OH excluding ortho intramolecular Hbond substituents is 1. The van der Waals surface area contributed by atoms with Crippen LogP contribution in [0.2, 0.25) is 0 Å². The number of aromatic nitrogens is 1. The molecule has 8 heteroatoms. The maximum atomic E-state index is 12.5. The highest BCUT2D eigenvalue weighted by atomic mass is 32.2. The molecular weight excluding hydrogens is 396 g/mol. The van der Waals surface area contributed by atoms with E-state index in [0.717, 1.165) is 21.3 Å². The average Bonchev–Trinajstić information content (AvgIpc) is 3.13. The third kappa shape index (κ3) is 4.71. The summed E-state index contributed by atoms with van der Waals surface area (Å²) in [4.78, 5) is 29.6. The van der Waals surface area contributed by atoms with Gasteiger partial charge in [0.25, 0.3) is 5.91 Å². The topological polar surface area (TPSA) is 88.5 Å². The molecule has 0 saturated heterocycles. The number of anilines is 1. The van der Waals surface area contributed by atoms with E-state index < -0.39 is 5.97 Å². The lowest BCUT2D eigenvalue weighted by Crippen LogP contribution is -2.13. The fourth-order valence-electron chi connectivity index (χ4n) is 2.45. The number of phenols is 1. The van der Waals surface area contributed by atoms with Crippen LogP contribution in [-0.2, 0) is 10.5 Å². The van der Waals surface area contributed by atoms with Crippen molar-refractivity contribution in [2.24, 2.45) is 0 Å². The fraction of sp³-hybridized carbons (Fsp3) is 0.150. The molecule has 0 radical (unpaired) electrons. The van der Waals surface area contributed by atoms with Crippen molar-refractivity contribution in [1.82, 2.24) is 4.98 Å². The van der Waals surface area contributed by atoms with Crippen LogP contribution in [0.1, 0.15) is 31.4 Å². The van der Waals surface area contributed by atoms with Crippen LogP contribution in [0.25, 0.3) is 0 Å². The molecule has 3 aromatic rings. The molecule has 0 bridgehead atoms. The van der Waals surface area contributed by atoms with Crippen molar-refractivity contribution in [1.29, 1.82) is 0 Å². The van der Waals surface area contributed by atoms with Crippen molar-refractivity contribution >= 4 is 40.7 Å². The maximum Gasteiger partial charge on any atom is 0.341 e. The number of ether oxygens (including phenoxy) is 1. The molecule has 0 saturated carbocycles. The Balaban J connectivity index is 1.66. The third-order valence-electron chi connectivity index (χ3n) is 3.86. The Bertz CT molecular complexity index is 1000. The van der Waals surface area contributed by atoms with Gasteiger partial charge in [0.15, 0.2) is 5.75 Å². The number of thiazole rings is 1. The number of carbonyl (C=O) groups is 2. The number of aryl methyl sites for hydroxylation is 1. The number of amides is 1. The Morgan fingerprint density at radius 1 is 1.21 bits per heavy atom. The van der Waals surface area contributed by atoms with Crippen molar-refractivity contribution in [3.8, 4) is 5.75 Å². The maximum absolute atomic E-state index is 12.5. The van der Waals surface area contributed by atoms with E-state index in [1.54, 1.807) is 41.3 Å². The highest BCUT2D eigenvalue weighted by molar-refractivity contribution is 7.98. The molecule has 2 N–H and O–H groups in total. The first-order chi connectivity index (χ1) is 13.5. The molecule has 6 nitrogen and oxygen atoms in total. The highest BCUT2D eigenvalue weighted by Gasteiger charge is 2.16. The number of thioether (sulfide) groups is 1. The molecular formula is C20H18N2O4S2. The SMILES string of the molecule is COC(=O)c1cccc(NC(=O)c2ccc(SCc3csc(C)n3)cc2)c1O. The second-order valence-corrected chi connectivity index (χ2v) is 7.93. The quantitative estimate of drug-likeness (QED) is 0.351. The number of para-hydroxylation sites is 1. The zero-order chi connectivity index (χ0) is 20.1. The van der Waals surface area contributed by atoms with Gasteiger partial charge >= 0.3 is 5.97 Å². The van der Waals surface area contributed by atoms with Gasteiger partial charge in [-0.2, -0.15) is 0 Å². The molecule has 2 aromatic carbocycles. The molecule has 1 amide bonds. The Labute approximate surface area is 170 Å². The van der Waals surface area contributed by atoms with Gasteiger partial charge in [-0.3, -0.25) is 4.79 Å². The number of rotatable bonds is 6. The van der Waals surface area contributed by atoms with Gasteiger partial charge in [0.05, 0.1) is 23.5 Å². The Morgan fingerprint density at radius 3 is 2.61 bits per heavy atom. The van der Waals surface area contributed by atoms with Crippen LogP contribution in [-0.4, -0.2) is 29.1 Å². The van der Waals surface area contributed by atoms with Crippen LogP contribution >= 0.6 is 23.1 Å². The number of hydrogen-bond donors (Lipinski definition) is 2. The predicted molar refractivity (Wildman–Crippen MR) is 110 cm³/mol. The fourth-order valence-corrected chi connectivity index (χ4v) is 3.96. The number of benzene rings is 2. The van der Waals surface area contributed by atoms with E-state index in [4.69, 9.17) is 0 Å². The van der Waals surface area contributed by atoms with E-state index in [-0.39, 0.29) is 22.9 Å². The van der Waals surface area contributed by atoms with Gasteiger partial charge in [-0.05, 0) is 43.3 Å². The van der Waals surface area contributed by atoms with Gasteiger partial charge in [0.2, 0.25) is 0 Å². The molecule has 0 aliphatic heterocycles. The first kappa shape index (κ1) is 19.9. The minimum Gasteiger partial charge on any atom is -0.505 e. The van der Waals surface area contributed by atoms with Crippen molar-refractivity contribution in [3.05, 3.63) is 69.7 Å². The van der Waals surface area contributed by atoms with Gasteiger partial charge in [0, 0.05) is 21.6 Å².